The maximum absolute atomic E-state index is 13.2. The summed E-state index contributed by atoms with van der Waals surface area (Å²) >= 11 is 6.25. The first kappa shape index (κ1) is 14.8. The Balaban J connectivity index is 2.29. The Morgan fingerprint density at radius 3 is 2.89 bits per heavy atom. The lowest BCUT2D eigenvalue weighted by atomic mass is 9.93. The van der Waals surface area contributed by atoms with Gasteiger partial charge >= 0.3 is 0 Å². The first-order valence-electron chi connectivity index (χ1n) is 7.01. The van der Waals surface area contributed by atoms with Gasteiger partial charge in [-0.3, -0.25) is 4.90 Å². The zero-order chi connectivity index (χ0) is 13.8. The minimum absolute atomic E-state index is 0.265. The van der Waals surface area contributed by atoms with E-state index in [1.165, 1.54) is 18.6 Å². The van der Waals surface area contributed by atoms with E-state index in [0.29, 0.717) is 17.0 Å². The monoisotopic (exact) mass is 284 g/mol. The van der Waals surface area contributed by atoms with Gasteiger partial charge in [-0.2, -0.15) is 0 Å². The molecule has 1 aromatic carbocycles. The molecular formula is C15H22ClFN2. The molecule has 0 aromatic heterocycles. The van der Waals surface area contributed by atoms with Gasteiger partial charge in [0.15, 0.2) is 0 Å². The molecule has 0 bridgehead atoms. The molecule has 19 heavy (non-hydrogen) atoms. The fourth-order valence-corrected chi connectivity index (χ4v) is 3.41. The lowest BCUT2D eigenvalue weighted by molar-refractivity contribution is 0.227. The summed E-state index contributed by atoms with van der Waals surface area (Å²) in [6.07, 6.45) is 2.29. The lowest BCUT2D eigenvalue weighted by Crippen LogP contribution is -2.30. The molecule has 2 atom stereocenters. The Labute approximate surface area is 119 Å². The van der Waals surface area contributed by atoms with Crippen molar-refractivity contribution in [2.75, 3.05) is 26.7 Å². The number of nitrogens with one attached hydrogen (secondary N) is 1. The SMILES string of the molecule is CCCN1CCC(CNC)C1c1ccc(F)cc1Cl. The first-order valence-corrected chi connectivity index (χ1v) is 7.38. The molecule has 1 aromatic rings. The average Bonchev–Trinajstić information content (AvgIpc) is 2.74. The van der Waals surface area contributed by atoms with E-state index in [4.69, 9.17) is 11.6 Å². The Bertz CT molecular complexity index is 411. The van der Waals surface area contributed by atoms with Crippen molar-refractivity contribution in [2.45, 2.75) is 25.8 Å². The standard InChI is InChI=1S/C15H22ClFN2/c1-3-7-19-8-6-11(10-18-2)15(19)13-5-4-12(17)9-14(13)16/h4-5,9,11,15,18H,3,6-8,10H2,1-2H3. The molecule has 1 N–H and O–H groups in total. The van der Waals surface area contributed by atoms with Crippen molar-refractivity contribution < 1.29 is 4.39 Å². The molecular weight excluding hydrogens is 263 g/mol. The highest BCUT2D eigenvalue weighted by Crippen LogP contribution is 2.40. The van der Waals surface area contributed by atoms with Crippen molar-refractivity contribution in [3.63, 3.8) is 0 Å². The van der Waals surface area contributed by atoms with E-state index in [9.17, 15) is 4.39 Å². The number of likely N-dealkylation sites (tertiary alicyclic amines) is 1. The van der Waals surface area contributed by atoms with Gasteiger partial charge in [-0.15, -0.1) is 0 Å². The summed E-state index contributed by atoms with van der Waals surface area (Å²) in [5.41, 5.74) is 1.06. The lowest BCUT2D eigenvalue weighted by Gasteiger charge is -2.29. The zero-order valence-corrected chi connectivity index (χ0v) is 12.4. The average molecular weight is 285 g/mol. The highest BCUT2D eigenvalue weighted by Gasteiger charge is 2.35. The molecule has 1 heterocycles. The van der Waals surface area contributed by atoms with Gasteiger partial charge in [-0.05, 0) is 63.1 Å². The molecule has 4 heteroatoms. The molecule has 106 valence electrons. The van der Waals surface area contributed by atoms with Crippen LogP contribution in [0.25, 0.3) is 0 Å². The Morgan fingerprint density at radius 1 is 1.47 bits per heavy atom. The quantitative estimate of drug-likeness (QED) is 0.891. The summed E-state index contributed by atoms with van der Waals surface area (Å²) in [5.74, 6) is 0.276. The smallest absolute Gasteiger partial charge is 0.124 e. The Hall–Kier alpha value is -0.640. The van der Waals surface area contributed by atoms with E-state index in [1.54, 1.807) is 0 Å². The number of benzene rings is 1. The maximum Gasteiger partial charge on any atom is 0.124 e. The maximum atomic E-state index is 13.2. The van der Waals surface area contributed by atoms with Crippen LogP contribution in [0.2, 0.25) is 5.02 Å². The highest BCUT2D eigenvalue weighted by atomic mass is 35.5. The van der Waals surface area contributed by atoms with Crippen LogP contribution >= 0.6 is 11.6 Å². The van der Waals surface area contributed by atoms with Gasteiger partial charge in [0.05, 0.1) is 0 Å². The molecule has 0 aliphatic carbocycles. The first-order chi connectivity index (χ1) is 9.17. The number of hydrogen-bond acceptors (Lipinski definition) is 2. The number of hydrogen-bond donors (Lipinski definition) is 1. The fourth-order valence-electron chi connectivity index (χ4n) is 3.13. The second-order valence-electron chi connectivity index (χ2n) is 5.25. The van der Waals surface area contributed by atoms with Crippen molar-refractivity contribution in [3.8, 4) is 0 Å². The van der Waals surface area contributed by atoms with Crippen LogP contribution in [0, 0.1) is 11.7 Å². The van der Waals surface area contributed by atoms with Crippen LogP contribution in [-0.2, 0) is 0 Å². The summed E-state index contributed by atoms with van der Waals surface area (Å²) in [4.78, 5) is 2.47. The molecule has 2 unspecified atom stereocenters. The minimum atomic E-state index is -0.265. The molecule has 2 rings (SSSR count). The van der Waals surface area contributed by atoms with Gasteiger partial charge in [-0.25, -0.2) is 4.39 Å². The second-order valence-corrected chi connectivity index (χ2v) is 5.66. The van der Waals surface area contributed by atoms with Gasteiger partial charge < -0.3 is 5.32 Å². The highest BCUT2D eigenvalue weighted by molar-refractivity contribution is 6.31. The van der Waals surface area contributed by atoms with Crippen LogP contribution in [0.3, 0.4) is 0 Å². The Kier molecular flexibility index (Phi) is 5.20. The van der Waals surface area contributed by atoms with Crippen molar-refractivity contribution in [1.29, 1.82) is 0 Å². The van der Waals surface area contributed by atoms with Crippen molar-refractivity contribution in [3.05, 3.63) is 34.6 Å². The van der Waals surface area contributed by atoms with Crippen LogP contribution < -0.4 is 5.32 Å². The van der Waals surface area contributed by atoms with Crippen LogP contribution in [0.1, 0.15) is 31.4 Å². The predicted molar refractivity (Wildman–Crippen MR) is 78.0 cm³/mol. The zero-order valence-electron chi connectivity index (χ0n) is 11.6. The number of nitrogens with zero attached hydrogens (tertiary/aromatic N) is 1. The van der Waals surface area contributed by atoms with E-state index >= 15 is 0 Å². The summed E-state index contributed by atoms with van der Waals surface area (Å²) in [7, 11) is 1.98. The van der Waals surface area contributed by atoms with Crippen molar-refractivity contribution in [2.24, 2.45) is 5.92 Å². The summed E-state index contributed by atoms with van der Waals surface area (Å²) < 4.78 is 13.2. The predicted octanol–water partition coefficient (Wildman–Crippen LogP) is 3.47. The molecule has 1 fully saturated rings. The minimum Gasteiger partial charge on any atom is -0.319 e. The molecule has 1 saturated heterocycles. The third-order valence-corrected chi connectivity index (χ3v) is 4.21. The van der Waals surface area contributed by atoms with E-state index in [1.807, 2.05) is 13.1 Å². The van der Waals surface area contributed by atoms with Crippen LogP contribution in [-0.4, -0.2) is 31.6 Å². The van der Waals surface area contributed by atoms with Crippen LogP contribution in [0.15, 0.2) is 18.2 Å². The van der Waals surface area contributed by atoms with Crippen molar-refractivity contribution in [1.82, 2.24) is 10.2 Å². The van der Waals surface area contributed by atoms with Gasteiger partial charge in [0.25, 0.3) is 0 Å². The normalized spacial score (nSPS) is 24.0. The van der Waals surface area contributed by atoms with Gasteiger partial charge in [0, 0.05) is 11.1 Å². The van der Waals surface area contributed by atoms with Crippen LogP contribution in [0.5, 0.6) is 0 Å². The van der Waals surface area contributed by atoms with Gasteiger partial charge in [-0.1, -0.05) is 24.6 Å². The topological polar surface area (TPSA) is 15.3 Å². The summed E-state index contributed by atoms with van der Waals surface area (Å²) in [6, 6.07) is 5.09. The second kappa shape index (κ2) is 6.69. The van der Waals surface area contributed by atoms with Crippen LogP contribution in [0.4, 0.5) is 4.39 Å². The molecule has 0 spiro atoms. The summed E-state index contributed by atoms with van der Waals surface area (Å²) in [6.45, 7) is 5.32. The largest absolute Gasteiger partial charge is 0.319 e. The van der Waals surface area contributed by atoms with E-state index in [2.05, 4.69) is 17.1 Å². The van der Waals surface area contributed by atoms with Crippen molar-refractivity contribution >= 4 is 11.6 Å². The molecule has 1 aliphatic rings. The van der Waals surface area contributed by atoms with Gasteiger partial charge in [0.2, 0.25) is 0 Å². The van der Waals surface area contributed by atoms with E-state index in [0.717, 1.165) is 31.6 Å². The third kappa shape index (κ3) is 3.28. The van der Waals surface area contributed by atoms with E-state index < -0.39 is 0 Å². The van der Waals surface area contributed by atoms with Gasteiger partial charge in [0.1, 0.15) is 5.82 Å². The van der Waals surface area contributed by atoms with E-state index in [-0.39, 0.29) is 5.82 Å². The molecule has 1 aliphatic heterocycles. The molecule has 2 nitrogen and oxygen atoms in total. The fraction of sp³-hybridized carbons (Fsp3) is 0.600. The molecule has 0 saturated carbocycles. The third-order valence-electron chi connectivity index (χ3n) is 3.89. The number of halogens is 2. The molecule has 0 amide bonds. The number of rotatable bonds is 5. The summed E-state index contributed by atoms with van der Waals surface area (Å²) in [5, 5.41) is 3.81. The Morgan fingerprint density at radius 2 is 2.26 bits per heavy atom. The molecule has 0 radical (unpaired) electrons.